The fraction of sp³-hybridized carbons (Fsp3) is 0.442. The van der Waals surface area contributed by atoms with E-state index in [4.69, 9.17) is 5.73 Å². The lowest BCUT2D eigenvalue weighted by Crippen LogP contribution is -2.62. The maximum Gasteiger partial charge on any atom is 0.305 e. The van der Waals surface area contributed by atoms with Crippen molar-refractivity contribution in [3.05, 3.63) is 102 Å². The number of aromatic hydroxyl groups is 1. The first-order valence-electron chi connectivity index (χ1n) is 24.6. The van der Waals surface area contributed by atoms with Crippen LogP contribution in [0.2, 0.25) is 0 Å². The Hall–Kier alpha value is -7.81. The predicted octanol–water partition coefficient (Wildman–Crippen LogP) is 0.579. The summed E-state index contributed by atoms with van der Waals surface area (Å²) < 4.78 is 0. The summed E-state index contributed by atoms with van der Waals surface area (Å²) in [5.74, 6) is -8.55. The monoisotopic (exact) mass is 1010 g/mol. The normalized spacial score (nSPS) is 24.3. The molecule has 0 spiro atoms. The number of para-hydroxylation sites is 1. The van der Waals surface area contributed by atoms with E-state index in [0.29, 0.717) is 36.0 Å². The lowest BCUT2D eigenvalue weighted by molar-refractivity contribution is -0.143. The van der Waals surface area contributed by atoms with Gasteiger partial charge in [0.15, 0.2) is 0 Å². The highest BCUT2D eigenvalue weighted by Gasteiger charge is 2.41. The van der Waals surface area contributed by atoms with Gasteiger partial charge in [-0.2, -0.15) is 0 Å². The molecule has 2 aliphatic heterocycles. The summed E-state index contributed by atoms with van der Waals surface area (Å²) in [4.78, 5) is 132. The number of nitrogens with zero attached hydrogens (tertiary/aromatic N) is 1. The summed E-state index contributed by atoms with van der Waals surface area (Å²) in [6.45, 7) is 5.24. The maximum atomic E-state index is 14.7. The molecule has 4 aromatic rings. The van der Waals surface area contributed by atoms with Crippen LogP contribution >= 0.6 is 0 Å². The number of carboxylic acids is 1. The zero-order valence-corrected chi connectivity index (χ0v) is 41.2. The molecule has 1 aromatic heterocycles. The molecular formula is C52H66N10O11. The second kappa shape index (κ2) is 25.5. The van der Waals surface area contributed by atoms with Crippen LogP contribution in [0, 0.1) is 5.92 Å². The number of nitrogens with two attached hydrogens (primary N) is 1. The molecule has 8 atom stereocenters. The number of carbonyl (C=O) groups excluding carboxylic acids is 8. The average Bonchev–Trinajstić information content (AvgIpc) is 4.03. The Morgan fingerprint density at radius 3 is 1.82 bits per heavy atom. The van der Waals surface area contributed by atoms with Crippen LogP contribution in [0.4, 0.5) is 0 Å². The number of carboxylic acid groups (broad SMARTS) is 1. The minimum atomic E-state index is -1.82. The van der Waals surface area contributed by atoms with E-state index >= 15 is 0 Å². The molecule has 73 heavy (non-hydrogen) atoms. The number of hydrogen-bond acceptors (Lipinski definition) is 11. The average molecular weight is 1010 g/mol. The van der Waals surface area contributed by atoms with Crippen molar-refractivity contribution in [2.45, 2.75) is 127 Å². The number of hydrogen-bond donors (Lipinski definition) is 11. The van der Waals surface area contributed by atoms with E-state index in [1.165, 1.54) is 36.1 Å². The van der Waals surface area contributed by atoms with Crippen molar-refractivity contribution in [3.8, 4) is 5.75 Å². The molecule has 8 unspecified atom stereocenters. The number of fused-ring (bicyclic) bond motifs is 2. The minimum absolute atomic E-state index is 0.0747. The van der Waals surface area contributed by atoms with Crippen molar-refractivity contribution in [2.24, 2.45) is 11.7 Å². The van der Waals surface area contributed by atoms with Crippen molar-refractivity contribution < 1.29 is 53.4 Å². The third kappa shape index (κ3) is 14.9. The zero-order chi connectivity index (χ0) is 52.8. The fourth-order valence-electron chi connectivity index (χ4n) is 9.02. The molecule has 0 aliphatic carbocycles. The Balaban J connectivity index is 1.42. The van der Waals surface area contributed by atoms with Gasteiger partial charge in [-0.25, -0.2) is 0 Å². The molecule has 390 valence electrons. The molecule has 12 N–H and O–H groups in total. The van der Waals surface area contributed by atoms with Crippen molar-refractivity contribution >= 4 is 64.1 Å². The van der Waals surface area contributed by atoms with Crippen molar-refractivity contribution in [1.82, 2.24) is 47.1 Å². The summed E-state index contributed by atoms with van der Waals surface area (Å²) in [6, 6.07) is 10.7. The van der Waals surface area contributed by atoms with Crippen molar-refractivity contribution in [1.29, 1.82) is 0 Å². The number of benzene rings is 3. The van der Waals surface area contributed by atoms with Gasteiger partial charge in [-0.05, 0) is 86.4 Å². The molecular weight excluding hydrogens is 941 g/mol. The lowest BCUT2D eigenvalue weighted by atomic mass is 10.00. The number of carbonyl (C=O) groups is 9. The van der Waals surface area contributed by atoms with Gasteiger partial charge in [0.25, 0.3) is 0 Å². The van der Waals surface area contributed by atoms with Gasteiger partial charge in [-0.1, -0.05) is 74.5 Å². The molecule has 0 bridgehead atoms. The van der Waals surface area contributed by atoms with Crippen LogP contribution in [0.25, 0.3) is 10.9 Å². The van der Waals surface area contributed by atoms with Crippen LogP contribution in [0.15, 0.2) is 85.1 Å². The molecule has 8 amide bonds. The molecule has 21 nitrogen and oxygen atoms in total. The summed E-state index contributed by atoms with van der Waals surface area (Å²) in [7, 11) is 0. The number of phenols is 1. The number of aliphatic carboxylic acids is 1. The molecule has 3 heterocycles. The summed E-state index contributed by atoms with van der Waals surface area (Å²) >= 11 is 0. The summed E-state index contributed by atoms with van der Waals surface area (Å²) in [5.41, 5.74) is 8.19. The van der Waals surface area contributed by atoms with E-state index in [9.17, 15) is 53.4 Å². The zero-order valence-electron chi connectivity index (χ0n) is 41.2. The van der Waals surface area contributed by atoms with Crippen LogP contribution in [0.1, 0.15) is 76.0 Å². The number of H-pyrrole nitrogens is 1. The second-order valence-electron chi connectivity index (χ2n) is 19.0. The highest BCUT2D eigenvalue weighted by Crippen LogP contribution is 2.23. The van der Waals surface area contributed by atoms with Crippen LogP contribution in [0.3, 0.4) is 0 Å². The summed E-state index contributed by atoms with van der Waals surface area (Å²) in [5, 5.41) is 39.5. The smallest absolute Gasteiger partial charge is 0.305 e. The standard InChI is InChI=1S/C52H66N10O11/c1-29(2)44-52(73)62-23-11-17-42(62)51(72)60-39(25-32-18-20-34(63)21-19-32)48(69)59-41(27-43(64)65)50(71)57-38(24-31-12-5-4-6-13-31)47(68)58-40(26-33-28-54-36-15-8-7-14-35(33)36)49(70)56-37(16-9-10-22-53)46(67)55-30(3)45(66)61-44/h4-8,12-15,18-21,28-30,37-42,44,54,63H,9-11,16-17,22-27,53H2,1-3H3,(H,55,67)(H,56,70)(H,57,71)(H,58,68)(H,59,69)(H,60,72)(H,61,66)(H,64,65). The van der Waals surface area contributed by atoms with Gasteiger partial charge in [0.2, 0.25) is 47.3 Å². The first kappa shape index (κ1) is 54.5. The summed E-state index contributed by atoms with van der Waals surface area (Å²) in [6.07, 6.45) is 1.78. The molecule has 2 fully saturated rings. The van der Waals surface area contributed by atoms with Crippen LogP contribution in [0.5, 0.6) is 5.75 Å². The molecule has 3 aromatic carbocycles. The van der Waals surface area contributed by atoms with E-state index in [-0.39, 0.29) is 50.9 Å². The van der Waals surface area contributed by atoms with Gasteiger partial charge in [-0.3, -0.25) is 43.2 Å². The second-order valence-corrected chi connectivity index (χ2v) is 19.0. The van der Waals surface area contributed by atoms with E-state index in [1.54, 1.807) is 56.4 Å². The van der Waals surface area contributed by atoms with Crippen LogP contribution in [-0.4, -0.2) is 135 Å². The van der Waals surface area contributed by atoms with E-state index in [1.807, 2.05) is 18.2 Å². The molecule has 0 saturated carbocycles. The quantitative estimate of drug-likeness (QED) is 0.0820. The van der Waals surface area contributed by atoms with Gasteiger partial charge < -0.3 is 63.0 Å². The SMILES string of the molecule is CC1NC(=O)C(CCCCN)NC(=O)C(Cc2c[nH]c3ccccc23)NC(=O)C(Cc2ccccc2)NC(=O)C(CC(=O)O)NC(=O)C(Cc2ccc(O)cc2)NC(=O)C2CCCN2C(=O)C(C(C)C)NC1=O. The first-order chi connectivity index (χ1) is 34.9. The van der Waals surface area contributed by atoms with Gasteiger partial charge in [-0.15, -0.1) is 0 Å². The number of aromatic amines is 1. The van der Waals surface area contributed by atoms with E-state index in [0.717, 1.165) is 10.9 Å². The largest absolute Gasteiger partial charge is 0.508 e. The minimum Gasteiger partial charge on any atom is -0.508 e. The number of aromatic nitrogens is 1. The van der Waals surface area contributed by atoms with Gasteiger partial charge in [0.1, 0.15) is 54.1 Å². The van der Waals surface area contributed by atoms with E-state index in [2.05, 4.69) is 42.2 Å². The number of amides is 8. The van der Waals surface area contributed by atoms with Crippen molar-refractivity contribution in [3.63, 3.8) is 0 Å². The van der Waals surface area contributed by atoms with Gasteiger partial charge in [0, 0.05) is 42.9 Å². The Kier molecular flexibility index (Phi) is 19.1. The topological polar surface area (TPSA) is 323 Å². The van der Waals surface area contributed by atoms with E-state index < -0.39 is 114 Å². The first-order valence-corrected chi connectivity index (χ1v) is 24.6. The molecule has 6 rings (SSSR count). The third-order valence-corrected chi connectivity index (χ3v) is 13.1. The number of nitrogens with one attached hydrogen (secondary N) is 8. The lowest BCUT2D eigenvalue weighted by Gasteiger charge is -2.32. The maximum absolute atomic E-state index is 14.7. The Labute approximate surface area is 422 Å². The highest BCUT2D eigenvalue weighted by molar-refractivity contribution is 6.00. The van der Waals surface area contributed by atoms with Crippen LogP contribution < -0.4 is 43.0 Å². The number of rotatable bonds is 13. The molecule has 2 saturated heterocycles. The number of phenolic OH excluding ortho intramolecular Hbond substituents is 1. The third-order valence-electron chi connectivity index (χ3n) is 13.1. The fourth-order valence-corrected chi connectivity index (χ4v) is 9.02. The van der Waals surface area contributed by atoms with Crippen molar-refractivity contribution in [2.75, 3.05) is 13.1 Å². The Morgan fingerprint density at radius 1 is 0.644 bits per heavy atom. The number of unbranched alkanes of at least 4 members (excludes halogenated alkanes) is 1. The Bertz CT molecular complexity index is 2620. The molecule has 2 aliphatic rings. The highest BCUT2D eigenvalue weighted by atomic mass is 16.4. The van der Waals surface area contributed by atoms with Gasteiger partial charge >= 0.3 is 5.97 Å². The van der Waals surface area contributed by atoms with Gasteiger partial charge in [0.05, 0.1) is 6.42 Å². The van der Waals surface area contributed by atoms with Crippen LogP contribution in [-0.2, 0) is 62.4 Å². The predicted molar refractivity (Wildman–Crippen MR) is 268 cm³/mol. The molecule has 0 radical (unpaired) electrons. The Morgan fingerprint density at radius 2 is 1.19 bits per heavy atom. The molecule has 21 heteroatoms.